The molecule has 0 aliphatic carbocycles. The average Bonchev–Trinajstić information content (AvgIpc) is 2.76. The minimum atomic E-state index is -0.00981. The van der Waals surface area contributed by atoms with E-state index in [4.69, 9.17) is 10.5 Å². The molecule has 2 atom stereocenters. The number of aryl methyl sites for hydroxylation is 1. The van der Waals surface area contributed by atoms with Gasteiger partial charge in [-0.15, -0.1) is 0 Å². The monoisotopic (exact) mass is 240 g/mol. The van der Waals surface area contributed by atoms with Gasteiger partial charge in [-0.1, -0.05) is 13.3 Å². The van der Waals surface area contributed by atoms with Crippen molar-refractivity contribution in [3.8, 4) is 0 Å². The molecular weight excluding hydrogens is 216 g/mol. The lowest BCUT2D eigenvalue weighted by Gasteiger charge is -2.23. The highest BCUT2D eigenvalue weighted by Gasteiger charge is 2.19. The lowest BCUT2D eigenvalue weighted by atomic mass is 10.0. The first-order chi connectivity index (χ1) is 8.22. The van der Waals surface area contributed by atoms with Crippen LogP contribution in [0.25, 0.3) is 0 Å². The van der Waals surface area contributed by atoms with Gasteiger partial charge in [-0.05, 0) is 20.3 Å². The van der Waals surface area contributed by atoms with Gasteiger partial charge in [0.05, 0.1) is 6.10 Å². The summed E-state index contributed by atoms with van der Waals surface area (Å²) in [5.74, 6) is 0.945. The molecule has 1 rings (SSSR count). The quantitative estimate of drug-likeness (QED) is 0.745. The molecule has 0 radical (unpaired) electrons. The molecule has 98 valence electrons. The molecule has 1 aromatic rings. The normalized spacial score (nSPS) is 14.8. The topological polar surface area (TPSA) is 66.0 Å². The summed E-state index contributed by atoms with van der Waals surface area (Å²) in [6.45, 7) is 7.74. The second-order valence-corrected chi connectivity index (χ2v) is 4.14. The molecule has 0 aliphatic heterocycles. The van der Waals surface area contributed by atoms with E-state index >= 15 is 0 Å². The zero-order valence-electron chi connectivity index (χ0n) is 11.1. The van der Waals surface area contributed by atoms with Gasteiger partial charge in [0.2, 0.25) is 0 Å². The molecular formula is C12H24N4O. The molecule has 0 saturated carbocycles. The van der Waals surface area contributed by atoms with E-state index in [-0.39, 0.29) is 12.1 Å². The Morgan fingerprint density at radius 3 is 2.76 bits per heavy atom. The molecule has 2 unspecified atom stereocenters. The number of aromatic nitrogens is 3. The Bertz CT molecular complexity index is 307. The summed E-state index contributed by atoms with van der Waals surface area (Å²) in [6, 6.07) is -0.00981. The molecule has 0 fully saturated rings. The summed E-state index contributed by atoms with van der Waals surface area (Å²) >= 11 is 0. The lowest BCUT2D eigenvalue weighted by Crippen LogP contribution is -2.39. The Morgan fingerprint density at radius 1 is 1.41 bits per heavy atom. The van der Waals surface area contributed by atoms with Gasteiger partial charge >= 0.3 is 0 Å². The van der Waals surface area contributed by atoms with Gasteiger partial charge in [0, 0.05) is 25.6 Å². The average molecular weight is 240 g/mol. The van der Waals surface area contributed by atoms with E-state index in [2.05, 4.69) is 23.9 Å². The molecule has 5 heteroatoms. The zero-order valence-corrected chi connectivity index (χ0v) is 11.1. The number of nitrogens with zero attached hydrogens (tertiary/aromatic N) is 3. The van der Waals surface area contributed by atoms with E-state index in [0.29, 0.717) is 6.61 Å². The Hall–Kier alpha value is -0.940. The van der Waals surface area contributed by atoms with Crippen molar-refractivity contribution >= 4 is 0 Å². The standard InChI is InChI=1S/C12H24N4O/c1-4-7-11(17-6-3)10(13)8-12-14-9-15-16(12)5-2/h9-11H,4-8,13H2,1-3H3. The summed E-state index contributed by atoms with van der Waals surface area (Å²) in [7, 11) is 0. The van der Waals surface area contributed by atoms with Crippen LogP contribution < -0.4 is 5.73 Å². The van der Waals surface area contributed by atoms with Crippen molar-refractivity contribution in [2.45, 2.75) is 58.7 Å². The molecule has 0 aromatic carbocycles. The van der Waals surface area contributed by atoms with Gasteiger partial charge in [0.25, 0.3) is 0 Å². The molecule has 1 aromatic heterocycles. The molecule has 5 nitrogen and oxygen atoms in total. The third-order valence-electron chi connectivity index (χ3n) is 2.85. The predicted molar refractivity (Wildman–Crippen MR) is 67.7 cm³/mol. The van der Waals surface area contributed by atoms with Crippen molar-refractivity contribution in [2.75, 3.05) is 6.61 Å². The Labute approximate surface area is 103 Å². The fraction of sp³-hybridized carbons (Fsp3) is 0.833. The van der Waals surface area contributed by atoms with Gasteiger partial charge in [-0.2, -0.15) is 5.10 Å². The largest absolute Gasteiger partial charge is 0.377 e. The third-order valence-corrected chi connectivity index (χ3v) is 2.85. The Kier molecular flexibility index (Phi) is 6.15. The van der Waals surface area contributed by atoms with Gasteiger partial charge in [-0.25, -0.2) is 4.98 Å². The van der Waals surface area contributed by atoms with Crippen LogP contribution in [-0.4, -0.2) is 33.5 Å². The third kappa shape index (κ3) is 4.09. The first kappa shape index (κ1) is 14.1. The van der Waals surface area contributed by atoms with E-state index in [1.165, 1.54) is 0 Å². The van der Waals surface area contributed by atoms with E-state index < -0.39 is 0 Å². The van der Waals surface area contributed by atoms with Crippen LogP contribution in [0.4, 0.5) is 0 Å². The lowest BCUT2D eigenvalue weighted by molar-refractivity contribution is 0.0372. The molecule has 17 heavy (non-hydrogen) atoms. The van der Waals surface area contributed by atoms with Crippen molar-refractivity contribution in [1.29, 1.82) is 0 Å². The van der Waals surface area contributed by atoms with Crippen LogP contribution >= 0.6 is 0 Å². The van der Waals surface area contributed by atoms with Crippen LogP contribution in [0.15, 0.2) is 6.33 Å². The van der Waals surface area contributed by atoms with E-state index in [0.717, 1.165) is 31.6 Å². The molecule has 0 amide bonds. The van der Waals surface area contributed by atoms with Crippen molar-refractivity contribution in [3.63, 3.8) is 0 Å². The molecule has 1 heterocycles. The van der Waals surface area contributed by atoms with E-state index in [1.54, 1.807) is 6.33 Å². The molecule has 2 N–H and O–H groups in total. The van der Waals surface area contributed by atoms with Gasteiger partial charge in [0.1, 0.15) is 12.2 Å². The van der Waals surface area contributed by atoms with Crippen LogP contribution in [0.2, 0.25) is 0 Å². The number of hydrogen-bond acceptors (Lipinski definition) is 4. The summed E-state index contributed by atoms with van der Waals surface area (Å²) in [5.41, 5.74) is 6.20. The second kappa shape index (κ2) is 7.40. The van der Waals surface area contributed by atoms with Gasteiger partial charge in [0.15, 0.2) is 0 Å². The first-order valence-corrected chi connectivity index (χ1v) is 6.46. The van der Waals surface area contributed by atoms with Crippen LogP contribution in [0.3, 0.4) is 0 Å². The molecule has 0 spiro atoms. The van der Waals surface area contributed by atoms with Crippen LogP contribution in [0, 0.1) is 0 Å². The summed E-state index contributed by atoms with van der Waals surface area (Å²) in [6.07, 6.45) is 4.50. The maximum atomic E-state index is 6.20. The summed E-state index contributed by atoms with van der Waals surface area (Å²) < 4.78 is 7.57. The van der Waals surface area contributed by atoms with Crippen molar-refractivity contribution in [3.05, 3.63) is 12.2 Å². The highest BCUT2D eigenvalue weighted by Crippen LogP contribution is 2.10. The predicted octanol–water partition coefficient (Wildman–Crippen LogP) is 1.37. The SMILES string of the molecule is CCCC(OCC)C(N)Cc1ncnn1CC. The van der Waals surface area contributed by atoms with Gasteiger partial charge in [-0.3, -0.25) is 4.68 Å². The summed E-state index contributed by atoms with van der Waals surface area (Å²) in [5, 5.41) is 4.15. The number of rotatable bonds is 8. The number of nitrogens with two attached hydrogens (primary N) is 1. The minimum absolute atomic E-state index is 0.00981. The fourth-order valence-electron chi connectivity index (χ4n) is 1.97. The fourth-order valence-corrected chi connectivity index (χ4v) is 1.97. The van der Waals surface area contributed by atoms with Crippen molar-refractivity contribution < 1.29 is 4.74 Å². The first-order valence-electron chi connectivity index (χ1n) is 6.46. The maximum Gasteiger partial charge on any atom is 0.138 e. The Morgan fingerprint density at radius 2 is 2.18 bits per heavy atom. The van der Waals surface area contributed by atoms with E-state index in [1.807, 2.05) is 11.6 Å². The molecule has 0 bridgehead atoms. The smallest absolute Gasteiger partial charge is 0.138 e. The highest BCUT2D eigenvalue weighted by atomic mass is 16.5. The van der Waals surface area contributed by atoms with Crippen LogP contribution in [-0.2, 0) is 17.7 Å². The van der Waals surface area contributed by atoms with E-state index in [9.17, 15) is 0 Å². The van der Waals surface area contributed by atoms with Gasteiger partial charge < -0.3 is 10.5 Å². The van der Waals surface area contributed by atoms with Crippen LogP contribution in [0.1, 0.15) is 39.4 Å². The number of hydrogen-bond donors (Lipinski definition) is 1. The highest BCUT2D eigenvalue weighted by molar-refractivity contribution is 4.91. The van der Waals surface area contributed by atoms with Crippen molar-refractivity contribution in [2.24, 2.45) is 5.73 Å². The maximum absolute atomic E-state index is 6.20. The van der Waals surface area contributed by atoms with Crippen molar-refractivity contribution in [1.82, 2.24) is 14.8 Å². The molecule has 0 aliphatic rings. The summed E-state index contributed by atoms with van der Waals surface area (Å²) in [4.78, 5) is 4.25. The minimum Gasteiger partial charge on any atom is -0.377 e. The molecule has 0 saturated heterocycles. The number of ether oxygens (including phenoxy) is 1. The van der Waals surface area contributed by atoms with Crippen LogP contribution in [0.5, 0.6) is 0 Å². The Balaban J connectivity index is 2.59. The zero-order chi connectivity index (χ0) is 12.7. The second-order valence-electron chi connectivity index (χ2n) is 4.14.